The summed E-state index contributed by atoms with van der Waals surface area (Å²) in [5, 5.41) is 5.84. The van der Waals surface area contributed by atoms with Crippen molar-refractivity contribution >= 4 is 23.4 Å². The summed E-state index contributed by atoms with van der Waals surface area (Å²) in [6.07, 6.45) is 4.52. The standard InChI is InChI=1S/C37H44FN5O4/c1-6-7-11-26-14-16-31(34(19-26)45-5)41-37(44)47-35-21-32(29-13-8-10-24(2)25(29)3)40-36(42-35)39-28-15-17-33(30(38)20-28)46-23-27-12-9-18-43(4)22-27/h8,10,13-17,19-21,27H,6-7,9,11-12,18,22-23H2,1-5H3,(H,41,44)(H,39,40,42). The summed E-state index contributed by atoms with van der Waals surface area (Å²) in [7, 11) is 3.66. The Morgan fingerprint density at radius 1 is 1.06 bits per heavy atom. The van der Waals surface area contributed by atoms with Gasteiger partial charge >= 0.3 is 6.09 Å². The van der Waals surface area contributed by atoms with Crippen molar-refractivity contribution in [1.82, 2.24) is 14.9 Å². The fraction of sp³-hybridized carbons (Fsp3) is 0.378. The quantitative estimate of drug-likeness (QED) is 0.159. The van der Waals surface area contributed by atoms with E-state index in [2.05, 4.69) is 34.5 Å². The molecule has 1 fully saturated rings. The summed E-state index contributed by atoms with van der Waals surface area (Å²) in [4.78, 5) is 24.5. The molecule has 1 aliphatic heterocycles. The molecule has 0 aliphatic carbocycles. The third-order valence-electron chi connectivity index (χ3n) is 8.49. The molecule has 1 atom stereocenters. The number of hydrogen-bond donors (Lipinski definition) is 2. The normalized spacial score (nSPS) is 14.8. The maximum Gasteiger partial charge on any atom is 0.418 e. The van der Waals surface area contributed by atoms with Crippen molar-refractivity contribution in [3.8, 4) is 28.6 Å². The highest BCUT2D eigenvalue weighted by Crippen LogP contribution is 2.31. The highest BCUT2D eigenvalue weighted by molar-refractivity contribution is 5.88. The van der Waals surface area contributed by atoms with Crippen LogP contribution in [0.2, 0.25) is 0 Å². The van der Waals surface area contributed by atoms with Crippen LogP contribution in [0.1, 0.15) is 49.3 Å². The highest BCUT2D eigenvalue weighted by Gasteiger charge is 2.19. The van der Waals surface area contributed by atoms with Crippen LogP contribution in [0, 0.1) is 25.6 Å². The van der Waals surface area contributed by atoms with Gasteiger partial charge in [0.1, 0.15) is 5.75 Å². The number of piperidine rings is 1. The summed E-state index contributed by atoms with van der Waals surface area (Å²) in [5.41, 5.74) is 5.54. The maximum atomic E-state index is 15.1. The molecule has 10 heteroatoms. The molecule has 1 amide bonds. The number of rotatable bonds is 12. The number of amides is 1. The van der Waals surface area contributed by atoms with Gasteiger partial charge in [-0.1, -0.05) is 37.6 Å². The van der Waals surface area contributed by atoms with Crippen LogP contribution in [0.4, 0.5) is 26.5 Å². The molecular weight excluding hydrogens is 597 g/mol. The molecule has 0 bridgehead atoms. The lowest BCUT2D eigenvalue weighted by Crippen LogP contribution is -2.34. The fourth-order valence-electron chi connectivity index (χ4n) is 5.75. The molecule has 3 aromatic carbocycles. The Labute approximate surface area is 276 Å². The van der Waals surface area contributed by atoms with E-state index in [1.807, 2.05) is 44.2 Å². The zero-order valence-electron chi connectivity index (χ0n) is 27.9. The average Bonchev–Trinajstić information content (AvgIpc) is 3.05. The number of nitrogens with one attached hydrogen (secondary N) is 2. The predicted octanol–water partition coefficient (Wildman–Crippen LogP) is 8.33. The molecule has 47 heavy (non-hydrogen) atoms. The number of ether oxygens (including phenoxy) is 3. The van der Waals surface area contributed by atoms with Crippen molar-refractivity contribution in [3.05, 3.63) is 83.2 Å². The van der Waals surface area contributed by atoms with Gasteiger partial charge in [0.25, 0.3) is 0 Å². The fourth-order valence-corrected chi connectivity index (χ4v) is 5.75. The second-order valence-corrected chi connectivity index (χ2v) is 12.2. The number of aryl methyl sites for hydroxylation is 2. The zero-order chi connectivity index (χ0) is 33.3. The Morgan fingerprint density at radius 3 is 2.68 bits per heavy atom. The van der Waals surface area contributed by atoms with E-state index in [1.54, 1.807) is 31.4 Å². The molecule has 248 valence electrons. The first-order valence-electron chi connectivity index (χ1n) is 16.2. The van der Waals surface area contributed by atoms with Crippen molar-refractivity contribution < 1.29 is 23.4 Å². The van der Waals surface area contributed by atoms with Crippen molar-refractivity contribution in [2.75, 3.05) is 44.5 Å². The molecule has 1 unspecified atom stereocenters. The number of halogens is 1. The smallest absolute Gasteiger partial charge is 0.418 e. The lowest BCUT2D eigenvalue weighted by Gasteiger charge is -2.29. The molecule has 0 radical (unpaired) electrons. The Bertz CT molecular complexity index is 1700. The minimum absolute atomic E-state index is 0.0207. The first-order chi connectivity index (χ1) is 22.7. The summed E-state index contributed by atoms with van der Waals surface area (Å²) in [5.74, 6) is 0.777. The molecule has 2 N–H and O–H groups in total. The molecule has 9 nitrogen and oxygen atoms in total. The monoisotopic (exact) mass is 641 g/mol. The minimum atomic E-state index is -0.738. The van der Waals surface area contributed by atoms with Crippen molar-refractivity contribution in [1.29, 1.82) is 0 Å². The number of carbonyl (C=O) groups excluding carboxylic acids is 1. The van der Waals surface area contributed by atoms with Crippen LogP contribution < -0.4 is 24.8 Å². The van der Waals surface area contributed by atoms with Crippen LogP contribution in [0.3, 0.4) is 0 Å². The van der Waals surface area contributed by atoms with Gasteiger partial charge in [-0.2, -0.15) is 4.98 Å². The zero-order valence-corrected chi connectivity index (χ0v) is 27.9. The maximum absolute atomic E-state index is 15.1. The van der Waals surface area contributed by atoms with Gasteiger partial charge in [-0.3, -0.25) is 5.32 Å². The number of benzene rings is 3. The molecule has 0 spiro atoms. The summed E-state index contributed by atoms with van der Waals surface area (Å²) >= 11 is 0. The average molecular weight is 642 g/mol. The summed E-state index contributed by atoms with van der Waals surface area (Å²) in [6.45, 7) is 8.65. The number of likely N-dealkylation sites (tertiary alicyclic amines) is 1. The van der Waals surface area contributed by atoms with E-state index < -0.39 is 11.9 Å². The topological polar surface area (TPSA) is 97.8 Å². The number of anilines is 3. The second kappa shape index (κ2) is 15.7. The molecule has 1 aliphatic rings. The third-order valence-corrected chi connectivity index (χ3v) is 8.49. The van der Waals surface area contributed by atoms with Gasteiger partial charge in [-0.15, -0.1) is 0 Å². The summed E-state index contributed by atoms with van der Waals surface area (Å²) in [6, 6.07) is 17.9. The van der Waals surface area contributed by atoms with Gasteiger partial charge in [0.05, 0.1) is 25.1 Å². The van der Waals surface area contributed by atoms with E-state index in [0.717, 1.165) is 67.4 Å². The molecule has 4 aromatic rings. The number of nitrogens with zero attached hydrogens (tertiary/aromatic N) is 3. The van der Waals surface area contributed by atoms with Gasteiger partial charge < -0.3 is 24.4 Å². The highest BCUT2D eigenvalue weighted by atomic mass is 19.1. The van der Waals surface area contributed by atoms with Gasteiger partial charge in [-0.25, -0.2) is 14.2 Å². The number of hydrogen-bond acceptors (Lipinski definition) is 8. The second-order valence-electron chi connectivity index (χ2n) is 12.2. The largest absolute Gasteiger partial charge is 0.495 e. The first kappa shape index (κ1) is 33.7. The van der Waals surface area contributed by atoms with Gasteiger partial charge in [0.15, 0.2) is 11.6 Å². The molecule has 1 aromatic heterocycles. The van der Waals surface area contributed by atoms with E-state index in [4.69, 9.17) is 19.2 Å². The van der Waals surface area contributed by atoms with E-state index in [9.17, 15) is 4.79 Å². The van der Waals surface area contributed by atoms with Gasteiger partial charge in [0.2, 0.25) is 11.8 Å². The van der Waals surface area contributed by atoms with Gasteiger partial charge in [-0.05, 0) is 94.1 Å². The van der Waals surface area contributed by atoms with Gasteiger partial charge in [0, 0.05) is 35.8 Å². The van der Waals surface area contributed by atoms with Crippen LogP contribution in [0.15, 0.2) is 60.7 Å². The van der Waals surface area contributed by atoms with Crippen LogP contribution >= 0.6 is 0 Å². The summed E-state index contributed by atoms with van der Waals surface area (Å²) < 4.78 is 32.2. The van der Waals surface area contributed by atoms with E-state index in [0.29, 0.717) is 35.3 Å². The number of methoxy groups -OCH3 is 1. The van der Waals surface area contributed by atoms with E-state index in [-0.39, 0.29) is 17.6 Å². The van der Waals surface area contributed by atoms with E-state index >= 15 is 4.39 Å². The van der Waals surface area contributed by atoms with Crippen LogP contribution in [0.5, 0.6) is 17.4 Å². The predicted molar refractivity (Wildman–Crippen MR) is 184 cm³/mol. The number of aromatic nitrogens is 2. The Hall–Kier alpha value is -4.70. The molecular formula is C37H44FN5O4. The Morgan fingerprint density at radius 2 is 1.91 bits per heavy atom. The first-order valence-corrected chi connectivity index (χ1v) is 16.2. The van der Waals surface area contributed by atoms with Crippen LogP contribution in [0.25, 0.3) is 11.3 Å². The Kier molecular flexibility index (Phi) is 11.3. The van der Waals surface area contributed by atoms with Crippen molar-refractivity contribution in [2.45, 2.75) is 52.9 Å². The Balaban J connectivity index is 1.35. The molecule has 2 heterocycles. The SMILES string of the molecule is CCCCc1ccc(NC(=O)Oc2cc(-c3cccc(C)c3C)nc(Nc3ccc(OCC4CCCN(C)C4)c(F)c3)n2)c(OC)c1. The number of carbonyl (C=O) groups is 1. The lowest BCUT2D eigenvalue weighted by atomic mass is 10.00. The number of unbranched alkanes of at least 4 members (excludes halogenated alkanes) is 1. The molecule has 1 saturated heterocycles. The molecule has 0 saturated carbocycles. The minimum Gasteiger partial charge on any atom is -0.495 e. The van der Waals surface area contributed by atoms with E-state index in [1.165, 1.54) is 6.07 Å². The van der Waals surface area contributed by atoms with Crippen LogP contribution in [-0.4, -0.2) is 54.8 Å². The van der Waals surface area contributed by atoms with Crippen molar-refractivity contribution in [3.63, 3.8) is 0 Å². The lowest BCUT2D eigenvalue weighted by molar-refractivity contribution is 0.147. The van der Waals surface area contributed by atoms with Crippen molar-refractivity contribution in [2.24, 2.45) is 5.92 Å². The van der Waals surface area contributed by atoms with Crippen LogP contribution in [-0.2, 0) is 6.42 Å². The third kappa shape index (κ3) is 8.98. The molecule has 5 rings (SSSR count).